The fourth-order valence-electron chi connectivity index (χ4n) is 1.44. The molecular weight excluding hydrogens is 272 g/mol. The Morgan fingerprint density at radius 2 is 2.39 bits per heavy atom. The zero-order valence-corrected chi connectivity index (χ0v) is 11.3. The summed E-state index contributed by atoms with van der Waals surface area (Å²) >= 11 is 7.31. The molecule has 0 aliphatic rings. The van der Waals surface area contributed by atoms with Crippen LogP contribution in [-0.2, 0) is 6.54 Å². The zero-order valence-electron chi connectivity index (χ0n) is 9.74. The van der Waals surface area contributed by atoms with Crippen LogP contribution in [0.4, 0.5) is 4.79 Å². The van der Waals surface area contributed by atoms with E-state index in [0.29, 0.717) is 6.54 Å². The predicted octanol–water partition coefficient (Wildman–Crippen LogP) is 2.69. The number of carbonyl (C=O) groups excluding carboxylic acids is 1. The van der Waals surface area contributed by atoms with Crippen LogP contribution in [0.3, 0.4) is 0 Å². The Bertz CT molecular complexity index is 511. The number of hydrogen-bond donors (Lipinski definition) is 3. The molecule has 3 N–H and O–H groups in total. The SMILES string of the molecule is C[C@H](NC(=O)NCc1ccn[nH]1)c1ccc(Cl)s1. The van der Waals surface area contributed by atoms with Gasteiger partial charge in [0.05, 0.1) is 22.6 Å². The highest BCUT2D eigenvalue weighted by Gasteiger charge is 2.11. The third-order valence-corrected chi connectivity index (χ3v) is 3.78. The highest BCUT2D eigenvalue weighted by molar-refractivity contribution is 7.16. The summed E-state index contributed by atoms with van der Waals surface area (Å²) < 4.78 is 0.719. The molecule has 0 spiro atoms. The number of H-pyrrole nitrogens is 1. The number of aromatic amines is 1. The second kappa shape index (κ2) is 5.88. The van der Waals surface area contributed by atoms with Crippen molar-refractivity contribution in [1.29, 1.82) is 0 Å². The Morgan fingerprint density at radius 1 is 1.56 bits per heavy atom. The van der Waals surface area contributed by atoms with Gasteiger partial charge in [0.15, 0.2) is 0 Å². The molecule has 7 heteroatoms. The topological polar surface area (TPSA) is 69.8 Å². The number of aromatic nitrogens is 2. The first kappa shape index (κ1) is 12.9. The molecule has 0 bridgehead atoms. The van der Waals surface area contributed by atoms with Crippen LogP contribution in [0.25, 0.3) is 0 Å². The Kier molecular flexibility index (Phi) is 4.22. The van der Waals surface area contributed by atoms with Crippen molar-refractivity contribution in [3.8, 4) is 0 Å². The van der Waals surface area contributed by atoms with Gasteiger partial charge in [0.1, 0.15) is 0 Å². The molecule has 0 aromatic carbocycles. The van der Waals surface area contributed by atoms with Crippen LogP contribution in [0.1, 0.15) is 23.5 Å². The summed E-state index contributed by atoms with van der Waals surface area (Å²) in [6.07, 6.45) is 1.64. The van der Waals surface area contributed by atoms with E-state index in [1.165, 1.54) is 11.3 Å². The van der Waals surface area contributed by atoms with E-state index in [-0.39, 0.29) is 12.1 Å². The van der Waals surface area contributed by atoms with Crippen molar-refractivity contribution in [3.63, 3.8) is 0 Å². The maximum absolute atomic E-state index is 11.6. The van der Waals surface area contributed by atoms with E-state index < -0.39 is 0 Å². The molecular formula is C11H13ClN4OS. The first-order valence-corrected chi connectivity index (χ1v) is 6.62. The highest BCUT2D eigenvalue weighted by atomic mass is 35.5. The average molecular weight is 285 g/mol. The van der Waals surface area contributed by atoms with Crippen LogP contribution in [0.2, 0.25) is 4.34 Å². The molecule has 0 aliphatic carbocycles. The molecule has 18 heavy (non-hydrogen) atoms. The lowest BCUT2D eigenvalue weighted by Crippen LogP contribution is -2.36. The minimum Gasteiger partial charge on any atom is -0.333 e. The molecule has 0 radical (unpaired) electrons. The molecule has 0 unspecified atom stereocenters. The Labute approximate surface area is 114 Å². The van der Waals surface area contributed by atoms with E-state index >= 15 is 0 Å². The zero-order chi connectivity index (χ0) is 13.0. The smallest absolute Gasteiger partial charge is 0.315 e. The average Bonchev–Trinajstić information content (AvgIpc) is 2.97. The van der Waals surface area contributed by atoms with Crippen LogP contribution < -0.4 is 10.6 Å². The van der Waals surface area contributed by atoms with Crippen molar-refractivity contribution in [2.75, 3.05) is 0 Å². The Morgan fingerprint density at radius 3 is 3.00 bits per heavy atom. The molecule has 2 aromatic rings. The van der Waals surface area contributed by atoms with Gasteiger partial charge in [-0.15, -0.1) is 11.3 Å². The number of thiophene rings is 1. The third kappa shape index (κ3) is 3.48. The summed E-state index contributed by atoms with van der Waals surface area (Å²) in [5.74, 6) is 0. The summed E-state index contributed by atoms with van der Waals surface area (Å²) in [6, 6.07) is 5.25. The van der Waals surface area contributed by atoms with Crippen molar-refractivity contribution in [2.24, 2.45) is 0 Å². The number of carbonyl (C=O) groups is 1. The van der Waals surface area contributed by atoms with E-state index in [1.807, 2.05) is 25.1 Å². The first-order chi connectivity index (χ1) is 8.65. The maximum Gasteiger partial charge on any atom is 0.315 e. The van der Waals surface area contributed by atoms with Gasteiger partial charge in [0, 0.05) is 11.1 Å². The molecule has 96 valence electrons. The molecule has 1 atom stereocenters. The Balaban J connectivity index is 1.80. The lowest BCUT2D eigenvalue weighted by molar-refractivity contribution is 0.237. The molecule has 0 saturated heterocycles. The van der Waals surface area contributed by atoms with Gasteiger partial charge in [0.2, 0.25) is 0 Å². The molecule has 0 aliphatic heterocycles. The lowest BCUT2D eigenvalue weighted by atomic mass is 10.3. The Hall–Kier alpha value is -1.53. The molecule has 2 aromatic heterocycles. The van der Waals surface area contributed by atoms with Gasteiger partial charge >= 0.3 is 6.03 Å². The minimum atomic E-state index is -0.221. The molecule has 2 amide bonds. The highest BCUT2D eigenvalue weighted by Crippen LogP contribution is 2.26. The van der Waals surface area contributed by atoms with Gasteiger partial charge in [-0.1, -0.05) is 11.6 Å². The molecule has 2 rings (SSSR count). The molecule has 2 heterocycles. The molecule has 0 saturated carbocycles. The van der Waals surface area contributed by atoms with Gasteiger partial charge < -0.3 is 10.6 Å². The van der Waals surface area contributed by atoms with Gasteiger partial charge in [0.25, 0.3) is 0 Å². The summed E-state index contributed by atoms with van der Waals surface area (Å²) in [5.41, 5.74) is 0.858. The van der Waals surface area contributed by atoms with E-state index in [0.717, 1.165) is 14.9 Å². The first-order valence-electron chi connectivity index (χ1n) is 5.43. The monoisotopic (exact) mass is 284 g/mol. The number of halogens is 1. The van der Waals surface area contributed by atoms with E-state index in [4.69, 9.17) is 11.6 Å². The number of amides is 2. The number of nitrogens with zero attached hydrogens (tertiary/aromatic N) is 1. The fraction of sp³-hybridized carbons (Fsp3) is 0.273. The summed E-state index contributed by atoms with van der Waals surface area (Å²) in [6.45, 7) is 2.34. The van der Waals surface area contributed by atoms with Crippen LogP contribution >= 0.6 is 22.9 Å². The van der Waals surface area contributed by atoms with Crippen molar-refractivity contribution < 1.29 is 4.79 Å². The number of nitrogens with one attached hydrogen (secondary N) is 3. The van der Waals surface area contributed by atoms with Crippen LogP contribution in [0.15, 0.2) is 24.4 Å². The van der Waals surface area contributed by atoms with Crippen LogP contribution in [0.5, 0.6) is 0 Å². The van der Waals surface area contributed by atoms with Crippen molar-refractivity contribution in [2.45, 2.75) is 19.5 Å². The van der Waals surface area contributed by atoms with Gasteiger partial charge in [-0.3, -0.25) is 5.10 Å². The van der Waals surface area contributed by atoms with Crippen LogP contribution in [-0.4, -0.2) is 16.2 Å². The van der Waals surface area contributed by atoms with Gasteiger partial charge in [-0.05, 0) is 25.1 Å². The lowest BCUT2D eigenvalue weighted by Gasteiger charge is -2.12. The number of rotatable bonds is 4. The van der Waals surface area contributed by atoms with Crippen molar-refractivity contribution >= 4 is 29.0 Å². The molecule has 5 nitrogen and oxygen atoms in total. The second-order valence-electron chi connectivity index (χ2n) is 3.77. The van der Waals surface area contributed by atoms with Crippen LogP contribution in [0, 0.1) is 0 Å². The minimum absolute atomic E-state index is 0.0655. The summed E-state index contributed by atoms with van der Waals surface area (Å²) in [5, 5.41) is 12.2. The maximum atomic E-state index is 11.6. The predicted molar refractivity (Wildman–Crippen MR) is 71.7 cm³/mol. The van der Waals surface area contributed by atoms with Crippen molar-refractivity contribution in [3.05, 3.63) is 39.3 Å². The van der Waals surface area contributed by atoms with E-state index in [2.05, 4.69) is 20.8 Å². The normalized spacial score (nSPS) is 12.1. The molecule has 0 fully saturated rings. The van der Waals surface area contributed by atoms with Gasteiger partial charge in [-0.2, -0.15) is 5.10 Å². The largest absolute Gasteiger partial charge is 0.333 e. The third-order valence-electron chi connectivity index (χ3n) is 2.37. The second-order valence-corrected chi connectivity index (χ2v) is 5.52. The quantitative estimate of drug-likeness (QED) is 0.808. The number of hydrogen-bond acceptors (Lipinski definition) is 3. The standard InChI is InChI=1S/C11H13ClN4OS/c1-7(9-2-3-10(12)18-9)15-11(17)13-6-8-4-5-14-16-8/h2-5,7H,6H2,1H3,(H,14,16)(H2,13,15,17)/t7-/m0/s1. The van der Waals surface area contributed by atoms with E-state index in [1.54, 1.807) is 6.20 Å². The summed E-state index contributed by atoms with van der Waals surface area (Å²) in [4.78, 5) is 12.7. The van der Waals surface area contributed by atoms with Gasteiger partial charge in [-0.25, -0.2) is 4.79 Å². The van der Waals surface area contributed by atoms with Crippen molar-refractivity contribution in [1.82, 2.24) is 20.8 Å². The summed E-state index contributed by atoms with van der Waals surface area (Å²) in [7, 11) is 0. The fourth-order valence-corrected chi connectivity index (χ4v) is 2.50. The van der Waals surface area contributed by atoms with E-state index in [9.17, 15) is 4.79 Å². The number of urea groups is 1.